The molecule has 0 unspecified atom stereocenters. The maximum absolute atomic E-state index is 12.3. The Kier molecular flexibility index (Phi) is 5.20. The van der Waals surface area contributed by atoms with Crippen LogP contribution in [0.5, 0.6) is 0 Å². The van der Waals surface area contributed by atoms with Gasteiger partial charge in [-0.05, 0) is 42.3 Å². The number of carbonyl (C=O) groups is 1. The number of amides is 1. The van der Waals surface area contributed by atoms with Crippen molar-refractivity contribution in [2.45, 2.75) is 13.5 Å². The van der Waals surface area contributed by atoms with Crippen molar-refractivity contribution in [1.29, 1.82) is 0 Å². The molecule has 126 valence electrons. The van der Waals surface area contributed by atoms with Crippen LogP contribution in [0, 0.1) is 6.92 Å². The summed E-state index contributed by atoms with van der Waals surface area (Å²) < 4.78 is 0. The molecule has 0 atom stereocenters. The summed E-state index contributed by atoms with van der Waals surface area (Å²) in [6, 6.07) is 10.8. The SMILES string of the molecule is Cc1ccc(Nc2nccc(C(=O)NCc3cccnc3)n2)cc1Cl. The topological polar surface area (TPSA) is 79.8 Å². The number of pyridine rings is 1. The standard InChI is InChI=1S/C18H16ClN5O/c1-12-4-5-14(9-15(12)19)23-18-21-8-6-16(24-18)17(25)22-11-13-3-2-7-20-10-13/h2-10H,11H2,1H3,(H,22,25)(H,21,23,24). The quantitative estimate of drug-likeness (QED) is 0.733. The predicted octanol–water partition coefficient (Wildman–Crippen LogP) is 3.51. The van der Waals surface area contributed by atoms with E-state index in [1.807, 2.05) is 31.2 Å². The van der Waals surface area contributed by atoms with Crippen molar-refractivity contribution in [1.82, 2.24) is 20.3 Å². The molecule has 0 aliphatic carbocycles. The molecule has 25 heavy (non-hydrogen) atoms. The molecule has 2 heterocycles. The molecular formula is C18H16ClN5O. The first-order valence-electron chi connectivity index (χ1n) is 7.65. The van der Waals surface area contributed by atoms with Gasteiger partial charge in [-0.25, -0.2) is 9.97 Å². The maximum Gasteiger partial charge on any atom is 0.270 e. The number of hydrogen-bond donors (Lipinski definition) is 2. The van der Waals surface area contributed by atoms with E-state index in [1.54, 1.807) is 24.5 Å². The predicted molar refractivity (Wildman–Crippen MR) is 96.9 cm³/mol. The molecule has 2 N–H and O–H groups in total. The summed E-state index contributed by atoms with van der Waals surface area (Å²) in [7, 11) is 0. The van der Waals surface area contributed by atoms with Crippen LogP contribution in [0.3, 0.4) is 0 Å². The summed E-state index contributed by atoms with van der Waals surface area (Å²) in [6.45, 7) is 2.31. The number of benzene rings is 1. The van der Waals surface area contributed by atoms with Crippen LogP contribution < -0.4 is 10.6 Å². The lowest BCUT2D eigenvalue weighted by Crippen LogP contribution is -2.24. The summed E-state index contributed by atoms with van der Waals surface area (Å²) >= 11 is 6.11. The van der Waals surface area contributed by atoms with Crippen LogP contribution in [0.4, 0.5) is 11.6 Å². The van der Waals surface area contributed by atoms with Gasteiger partial charge in [0.05, 0.1) is 0 Å². The summed E-state index contributed by atoms with van der Waals surface area (Å²) in [5.74, 6) is 0.0465. The van der Waals surface area contributed by atoms with E-state index < -0.39 is 0 Å². The number of aromatic nitrogens is 3. The lowest BCUT2D eigenvalue weighted by atomic mass is 10.2. The molecule has 0 saturated carbocycles. The summed E-state index contributed by atoms with van der Waals surface area (Å²) in [6.07, 6.45) is 4.92. The second kappa shape index (κ2) is 7.72. The average molecular weight is 354 g/mol. The largest absolute Gasteiger partial charge is 0.347 e. The number of hydrogen-bond acceptors (Lipinski definition) is 5. The zero-order chi connectivity index (χ0) is 17.6. The number of halogens is 1. The van der Waals surface area contributed by atoms with Gasteiger partial charge >= 0.3 is 0 Å². The molecule has 3 rings (SSSR count). The van der Waals surface area contributed by atoms with Crippen molar-refractivity contribution >= 4 is 29.1 Å². The number of carbonyl (C=O) groups excluding carboxylic acids is 1. The van der Waals surface area contributed by atoms with Gasteiger partial charge < -0.3 is 10.6 Å². The average Bonchev–Trinajstić information content (AvgIpc) is 2.64. The molecule has 0 aliphatic heterocycles. The molecule has 0 aliphatic rings. The van der Waals surface area contributed by atoms with Gasteiger partial charge in [-0.1, -0.05) is 23.7 Å². The molecule has 6 nitrogen and oxygen atoms in total. The summed E-state index contributed by atoms with van der Waals surface area (Å²) in [5, 5.41) is 6.50. The van der Waals surface area contributed by atoms with E-state index in [0.717, 1.165) is 16.8 Å². The monoisotopic (exact) mass is 353 g/mol. The van der Waals surface area contributed by atoms with Crippen molar-refractivity contribution < 1.29 is 4.79 Å². The molecule has 7 heteroatoms. The minimum atomic E-state index is -0.281. The third-order valence-electron chi connectivity index (χ3n) is 3.49. The van der Waals surface area contributed by atoms with Crippen molar-refractivity contribution in [3.63, 3.8) is 0 Å². The first-order valence-corrected chi connectivity index (χ1v) is 8.03. The first-order chi connectivity index (χ1) is 12.1. The van der Waals surface area contributed by atoms with Crippen molar-refractivity contribution in [3.8, 4) is 0 Å². The van der Waals surface area contributed by atoms with Gasteiger partial charge in [0.15, 0.2) is 0 Å². The molecule has 0 radical (unpaired) electrons. The van der Waals surface area contributed by atoms with Crippen molar-refractivity contribution in [2.24, 2.45) is 0 Å². The van der Waals surface area contributed by atoms with E-state index >= 15 is 0 Å². The molecule has 1 amide bonds. The Balaban J connectivity index is 1.68. The summed E-state index contributed by atoms with van der Waals surface area (Å²) in [5.41, 5.74) is 2.93. The normalized spacial score (nSPS) is 10.3. The third kappa shape index (κ3) is 4.51. The molecular weight excluding hydrogens is 338 g/mol. The Morgan fingerprint density at radius 1 is 1.20 bits per heavy atom. The minimum Gasteiger partial charge on any atom is -0.347 e. The number of rotatable bonds is 5. The fourth-order valence-electron chi connectivity index (χ4n) is 2.12. The smallest absolute Gasteiger partial charge is 0.270 e. The number of nitrogens with zero attached hydrogens (tertiary/aromatic N) is 3. The Bertz CT molecular complexity index is 886. The van der Waals surface area contributed by atoms with E-state index in [0.29, 0.717) is 17.5 Å². The third-order valence-corrected chi connectivity index (χ3v) is 3.90. The summed E-state index contributed by atoms with van der Waals surface area (Å²) in [4.78, 5) is 24.6. The van der Waals surface area contributed by atoms with Gasteiger partial charge in [-0.2, -0.15) is 0 Å². The van der Waals surface area contributed by atoms with Crippen LogP contribution in [0.1, 0.15) is 21.6 Å². The highest BCUT2D eigenvalue weighted by Crippen LogP contribution is 2.21. The highest BCUT2D eigenvalue weighted by molar-refractivity contribution is 6.31. The Morgan fingerprint density at radius 3 is 2.84 bits per heavy atom. The van der Waals surface area contributed by atoms with E-state index in [-0.39, 0.29) is 11.6 Å². The van der Waals surface area contributed by atoms with E-state index in [9.17, 15) is 4.79 Å². The van der Waals surface area contributed by atoms with Gasteiger partial charge in [0.25, 0.3) is 5.91 Å². The molecule has 0 saturated heterocycles. The Hall–Kier alpha value is -2.99. The highest BCUT2D eigenvalue weighted by Gasteiger charge is 2.09. The molecule has 2 aromatic heterocycles. The molecule has 0 fully saturated rings. The Labute approximate surface area is 150 Å². The van der Waals surface area contributed by atoms with Crippen LogP contribution in [0.2, 0.25) is 5.02 Å². The van der Waals surface area contributed by atoms with Crippen LogP contribution in [-0.2, 0) is 6.54 Å². The van der Waals surface area contributed by atoms with E-state index in [4.69, 9.17) is 11.6 Å². The van der Waals surface area contributed by atoms with Crippen LogP contribution in [-0.4, -0.2) is 20.9 Å². The number of aryl methyl sites for hydroxylation is 1. The highest BCUT2D eigenvalue weighted by atomic mass is 35.5. The van der Waals surface area contributed by atoms with E-state index in [2.05, 4.69) is 25.6 Å². The fraction of sp³-hybridized carbons (Fsp3) is 0.111. The van der Waals surface area contributed by atoms with Gasteiger partial charge in [0.2, 0.25) is 5.95 Å². The first kappa shape index (κ1) is 16.9. The lowest BCUT2D eigenvalue weighted by Gasteiger charge is -2.08. The number of nitrogens with one attached hydrogen (secondary N) is 2. The molecule has 0 bridgehead atoms. The zero-order valence-corrected chi connectivity index (χ0v) is 14.3. The second-order valence-electron chi connectivity index (χ2n) is 5.40. The second-order valence-corrected chi connectivity index (χ2v) is 5.81. The van der Waals surface area contributed by atoms with Crippen LogP contribution >= 0.6 is 11.6 Å². The van der Waals surface area contributed by atoms with Crippen molar-refractivity contribution in [3.05, 3.63) is 76.8 Å². The van der Waals surface area contributed by atoms with Gasteiger partial charge in [-0.15, -0.1) is 0 Å². The van der Waals surface area contributed by atoms with Crippen LogP contribution in [0.15, 0.2) is 55.0 Å². The van der Waals surface area contributed by atoms with Gasteiger partial charge in [-0.3, -0.25) is 9.78 Å². The molecule has 0 spiro atoms. The van der Waals surface area contributed by atoms with Crippen molar-refractivity contribution in [2.75, 3.05) is 5.32 Å². The molecule has 3 aromatic rings. The molecule has 1 aromatic carbocycles. The van der Waals surface area contributed by atoms with Gasteiger partial charge in [0, 0.05) is 35.8 Å². The number of anilines is 2. The minimum absolute atomic E-state index is 0.277. The maximum atomic E-state index is 12.3. The lowest BCUT2D eigenvalue weighted by molar-refractivity contribution is 0.0946. The Morgan fingerprint density at radius 2 is 2.08 bits per heavy atom. The zero-order valence-electron chi connectivity index (χ0n) is 13.5. The van der Waals surface area contributed by atoms with Gasteiger partial charge in [0.1, 0.15) is 5.69 Å². The fourth-order valence-corrected chi connectivity index (χ4v) is 2.30. The van der Waals surface area contributed by atoms with Crippen LogP contribution in [0.25, 0.3) is 0 Å². The van der Waals surface area contributed by atoms with E-state index in [1.165, 1.54) is 6.20 Å².